The summed E-state index contributed by atoms with van der Waals surface area (Å²) in [7, 11) is 0. The molecule has 2 aliphatic heterocycles. The molecule has 0 unspecified atom stereocenters. The Kier molecular flexibility index (Phi) is 5.89. The molecule has 1 aromatic rings. The van der Waals surface area contributed by atoms with Crippen LogP contribution in [0.4, 0.5) is 8.78 Å². The van der Waals surface area contributed by atoms with Crippen molar-refractivity contribution in [2.24, 2.45) is 5.92 Å². The first-order valence-corrected chi connectivity index (χ1v) is 9.13. The Morgan fingerprint density at radius 3 is 2.48 bits per heavy atom. The van der Waals surface area contributed by atoms with Gasteiger partial charge in [0.05, 0.1) is 0 Å². The summed E-state index contributed by atoms with van der Waals surface area (Å²) in [5.41, 5.74) is 0.407. The van der Waals surface area contributed by atoms with Gasteiger partial charge in [0, 0.05) is 24.7 Å². The summed E-state index contributed by atoms with van der Waals surface area (Å²) in [6.07, 6.45) is 4.57. The number of likely N-dealkylation sites (tertiary alicyclic amines) is 2. The van der Waals surface area contributed by atoms with E-state index in [0.29, 0.717) is 17.5 Å². The molecule has 6 heteroatoms. The molecular weight excluding hydrogens is 326 g/mol. The molecule has 2 fully saturated rings. The highest BCUT2D eigenvalue weighted by Gasteiger charge is 2.30. The summed E-state index contributed by atoms with van der Waals surface area (Å²) < 4.78 is 29.1. The fourth-order valence-corrected chi connectivity index (χ4v) is 4.02. The van der Waals surface area contributed by atoms with E-state index in [1.807, 2.05) is 4.90 Å². The lowest BCUT2D eigenvalue weighted by molar-refractivity contribution is -0.0499. The van der Waals surface area contributed by atoms with Crippen molar-refractivity contribution in [3.8, 4) is 5.75 Å². The van der Waals surface area contributed by atoms with Crippen LogP contribution < -0.4 is 4.74 Å². The summed E-state index contributed by atoms with van der Waals surface area (Å²) in [4.78, 5) is 17.0. The fourth-order valence-electron chi connectivity index (χ4n) is 4.02. The smallest absolute Gasteiger partial charge is 0.387 e. The largest absolute Gasteiger partial charge is 0.435 e. The number of hydrogen-bond acceptors (Lipinski definition) is 3. The van der Waals surface area contributed by atoms with Crippen LogP contribution in [0.2, 0.25) is 0 Å². The molecule has 2 aliphatic rings. The van der Waals surface area contributed by atoms with Crippen molar-refractivity contribution in [3.05, 3.63) is 29.8 Å². The lowest BCUT2D eigenvalue weighted by Gasteiger charge is -2.38. The van der Waals surface area contributed by atoms with Gasteiger partial charge in [0.15, 0.2) is 0 Å². The Hall–Kier alpha value is -1.69. The quantitative estimate of drug-likeness (QED) is 0.811. The Balaban J connectivity index is 1.56. The molecule has 0 N–H and O–H groups in total. The molecule has 4 nitrogen and oxygen atoms in total. The SMILES string of the molecule is C[C@H](C1CCN(C(=O)c2cccc(OC(F)F)c2)CC1)N1CCCC1. The summed E-state index contributed by atoms with van der Waals surface area (Å²) in [6.45, 7) is 3.25. The maximum Gasteiger partial charge on any atom is 0.387 e. The molecule has 3 rings (SSSR count). The monoisotopic (exact) mass is 352 g/mol. The number of nitrogens with zero attached hydrogens (tertiary/aromatic N) is 2. The average Bonchev–Trinajstić information content (AvgIpc) is 3.15. The van der Waals surface area contributed by atoms with Crippen LogP contribution in [-0.2, 0) is 0 Å². The van der Waals surface area contributed by atoms with Gasteiger partial charge in [0.1, 0.15) is 5.75 Å². The highest BCUT2D eigenvalue weighted by Crippen LogP contribution is 2.27. The molecule has 2 saturated heterocycles. The van der Waals surface area contributed by atoms with Crippen molar-refractivity contribution < 1.29 is 18.3 Å². The Labute approximate surface area is 147 Å². The van der Waals surface area contributed by atoms with E-state index in [1.165, 1.54) is 38.1 Å². The number of rotatable bonds is 5. The van der Waals surface area contributed by atoms with Crippen molar-refractivity contribution in [1.82, 2.24) is 9.80 Å². The number of hydrogen-bond donors (Lipinski definition) is 0. The molecule has 0 aromatic heterocycles. The normalized spacial score (nSPS) is 20.9. The van der Waals surface area contributed by atoms with Gasteiger partial charge in [-0.2, -0.15) is 8.78 Å². The molecule has 2 heterocycles. The van der Waals surface area contributed by atoms with Crippen LogP contribution in [0.15, 0.2) is 24.3 Å². The molecule has 138 valence electrons. The van der Waals surface area contributed by atoms with Gasteiger partial charge < -0.3 is 14.5 Å². The predicted octanol–water partition coefficient (Wildman–Crippen LogP) is 3.62. The van der Waals surface area contributed by atoms with E-state index in [0.717, 1.165) is 25.9 Å². The van der Waals surface area contributed by atoms with Gasteiger partial charge in [0.25, 0.3) is 5.91 Å². The Morgan fingerprint density at radius 1 is 1.16 bits per heavy atom. The van der Waals surface area contributed by atoms with Crippen LogP contribution in [0.5, 0.6) is 5.75 Å². The highest BCUT2D eigenvalue weighted by molar-refractivity contribution is 5.94. The number of carbonyl (C=O) groups is 1. The number of carbonyl (C=O) groups excluding carboxylic acids is 1. The summed E-state index contributed by atoms with van der Waals surface area (Å²) in [5, 5.41) is 0. The minimum Gasteiger partial charge on any atom is -0.435 e. The van der Waals surface area contributed by atoms with Gasteiger partial charge >= 0.3 is 6.61 Å². The van der Waals surface area contributed by atoms with E-state index in [2.05, 4.69) is 16.6 Å². The second-order valence-corrected chi connectivity index (χ2v) is 7.02. The van der Waals surface area contributed by atoms with Crippen molar-refractivity contribution in [3.63, 3.8) is 0 Å². The maximum absolute atomic E-state index is 12.6. The molecule has 1 amide bonds. The second kappa shape index (κ2) is 8.13. The molecule has 25 heavy (non-hydrogen) atoms. The van der Waals surface area contributed by atoms with E-state index in [4.69, 9.17) is 0 Å². The molecule has 1 aromatic carbocycles. The Morgan fingerprint density at radius 2 is 1.84 bits per heavy atom. The first kappa shape index (κ1) is 18.1. The van der Waals surface area contributed by atoms with Crippen LogP contribution in [0.3, 0.4) is 0 Å². The van der Waals surface area contributed by atoms with Crippen LogP contribution in [0, 0.1) is 5.92 Å². The summed E-state index contributed by atoms with van der Waals surface area (Å²) in [5.74, 6) is 0.543. The molecule has 0 spiro atoms. The standard InChI is InChI=1S/C19H26F2N2O2/c1-14(22-9-2-3-10-22)15-7-11-23(12-8-15)18(24)16-5-4-6-17(13-16)25-19(20)21/h4-6,13-15,19H,2-3,7-12H2,1H3/t14-/m1/s1. The van der Waals surface area contributed by atoms with Gasteiger partial charge in [-0.15, -0.1) is 0 Å². The molecular formula is C19H26F2N2O2. The maximum atomic E-state index is 12.6. The van der Waals surface area contributed by atoms with E-state index in [9.17, 15) is 13.6 Å². The summed E-state index contributed by atoms with van der Waals surface area (Å²) >= 11 is 0. The minimum absolute atomic E-state index is 0.0263. The number of halogens is 2. The minimum atomic E-state index is -2.88. The zero-order valence-corrected chi connectivity index (χ0v) is 14.7. The topological polar surface area (TPSA) is 32.8 Å². The first-order valence-electron chi connectivity index (χ1n) is 9.13. The van der Waals surface area contributed by atoms with Crippen molar-refractivity contribution in [2.45, 2.75) is 45.3 Å². The average molecular weight is 352 g/mol. The number of piperidine rings is 1. The van der Waals surface area contributed by atoms with E-state index >= 15 is 0 Å². The Bertz CT molecular complexity index is 583. The lowest BCUT2D eigenvalue weighted by Crippen LogP contribution is -2.45. The molecule has 1 atom stereocenters. The third-order valence-electron chi connectivity index (χ3n) is 5.53. The zero-order valence-electron chi connectivity index (χ0n) is 14.7. The van der Waals surface area contributed by atoms with E-state index < -0.39 is 6.61 Å². The van der Waals surface area contributed by atoms with E-state index in [-0.39, 0.29) is 11.7 Å². The summed E-state index contributed by atoms with van der Waals surface area (Å²) in [6, 6.07) is 6.63. The third kappa shape index (κ3) is 4.48. The second-order valence-electron chi connectivity index (χ2n) is 7.02. The first-order chi connectivity index (χ1) is 12.0. The zero-order chi connectivity index (χ0) is 17.8. The number of alkyl halides is 2. The number of amides is 1. The fraction of sp³-hybridized carbons (Fsp3) is 0.632. The van der Waals surface area contributed by atoms with Crippen molar-refractivity contribution in [2.75, 3.05) is 26.2 Å². The van der Waals surface area contributed by atoms with Gasteiger partial charge in [-0.05, 0) is 69.8 Å². The molecule has 0 aliphatic carbocycles. The van der Waals surface area contributed by atoms with Crippen LogP contribution in [0.1, 0.15) is 43.0 Å². The van der Waals surface area contributed by atoms with Crippen LogP contribution in [-0.4, -0.2) is 54.5 Å². The van der Waals surface area contributed by atoms with Crippen molar-refractivity contribution >= 4 is 5.91 Å². The third-order valence-corrected chi connectivity index (χ3v) is 5.53. The predicted molar refractivity (Wildman–Crippen MR) is 92.0 cm³/mol. The molecule has 0 saturated carbocycles. The number of ether oxygens (including phenoxy) is 1. The number of benzene rings is 1. The van der Waals surface area contributed by atoms with Gasteiger partial charge in [0.2, 0.25) is 0 Å². The van der Waals surface area contributed by atoms with Gasteiger partial charge in [-0.25, -0.2) is 0 Å². The lowest BCUT2D eigenvalue weighted by atomic mass is 9.89. The van der Waals surface area contributed by atoms with Crippen LogP contribution >= 0.6 is 0 Å². The molecule has 0 radical (unpaired) electrons. The van der Waals surface area contributed by atoms with Gasteiger partial charge in [-0.3, -0.25) is 4.79 Å². The molecule has 0 bridgehead atoms. The van der Waals surface area contributed by atoms with Crippen molar-refractivity contribution in [1.29, 1.82) is 0 Å². The van der Waals surface area contributed by atoms with Crippen LogP contribution in [0.25, 0.3) is 0 Å². The van der Waals surface area contributed by atoms with E-state index in [1.54, 1.807) is 12.1 Å². The highest BCUT2D eigenvalue weighted by atomic mass is 19.3. The van der Waals surface area contributed by atoms with Gasteiger partial charge in [-0.1, -0.05) is 6.07 Å².